The third-order valence-corrected chi connectivity index (χ3v) is 3.25. The molecule has 0 fully saturated rings. The molecular formula is C13H19NO3S. The first-order chi connectivity index (χ1) is 8.50. The summed E-state index contributed by atoms with van der Waals surface area (Å²) in [5.74, 6) is -0.132. The summed E-state index contributed by atoms with van der Waals surface area (Å²) in [7, 11) is 0. The van der Waals surface area contributed by atoms with Crippen molar-refractivity contribution in [3.05, 3.63) is 22.4 Å². The molecule has 5 heteroatoms. The summed E-state index contributed by atoms with van der Waals surface area (Å²) in [6.07, 6.45) is 0.831. The standard InChI is InChI=1S/C13H19NO3S/c1-9(2)6-7-17-13(16)10(3)14-12(15)11-5-4-8-18-11/h4-5,8-10H,6-7H2,1-3H3,(H,14,15)/t10-/m1/s1. The van der Waals surface area contributed by atoms with E-state index >= 15 is 0 Å². The molecule has 1 heterocycles. The number of esters is 1. The lowest BCUT2D eigenvalue weighted by Gasteiger charge is -2.13. The summed E-state index contributed by atoms with van der Waals surface area (Å²) in [6.45, 7) is 6.16. The van der Waals surface area contributed by atoms with Gasteiger partial charge in [-0.15, -0.1) is 11.3 Å². The lowest BCUT2D eigenvalue weighted by atomic mass is 10.1. The zero-order valence-electron chi connectivity index (χ0n) is 10.9. The Hall–Kier alpha value is -1.36. The van der Waals surface area contributed by atoms with Gasteiger partial charge in [-0.3, -0.25) is 4.79 Å². The maximum absolute atomic E-state index is 11.7. The van der Waals surface area contributed by atoms with E-state index in [4.69, 9.17) is 4.74 Å². The fourth-order valence-electron chi connectivity index (χ4n) is 1.25. The van der Waals surface area contributed by atoms with E-state index in [9.17, 15) is 9.59 Å². The molecule has 1 amide bonds. The first-order valence-electron chi connectivity index (χ1n) is 6.01. The number of hydrogen-bond donors (Lipinski definition) is 1. The van der Waals surface area contributed by atoms with Gasteiger partial charge in [0.25, 0.3) is 5.91 Å². The molecule has 0 aromatic carbocycles. The highest BCUT2D eigenvalue weighted by Crippen LogP contribution is 2.08. The number of amides is 1. The first kappa shape index (κ1) is 14.7. The highest BCUT2D eigenvalue weighted by Gasteiger charge is 2.18. The predicted octanol–water partition coefficient (Wildman–Crippen LogP) is 2.46. The Kier molecular flexibility index (Phi) is 5.85. The van der Waals surface area contributed by atoms with Gasteiger partial charge in [-0.2, -0.15) is 0 Å². The van der Waals surface area contributed by atoms with Crippen molar-refractivity contribution in [2.24, 2.45) is 5.92 Å². The first-order valence-corrected chi connectivity index (χ1v) is 6.89. The van der Waals surface area contributed by atoms with Gasteiger partial charge in [-0.05, 0) is 30.7 Å². The zero-order valence-corrected chi connectivity index (χ0v) is 11.8. The van der Waals surface area contributed by atoms with Crippen molar-refractivity contribution in [2.75, 3.05) is 6.61 Å². The Morgan fingerprint density at radius 3 is 2.67 bits per heavy atom. The smallest absolute Gasteiger partial charge is 0.328 e. The largest absolute Gasteiger partial charge is 0.464 e. The van der Waals surface area contributed by atoms with Crippen molar-refractivity contribution in [2.45, 2.75) is 33.2 Å². The fourth-order valence-corrected chi connectivity index (χ4v) is 1.88. The Labute approximate surface area is 111 Å². The predicted molar refractivity (Wildman–Crippen MR) is 71.7 cm³/mol. The number of nitrogens with one attached hydrogen (secondary N) is 1. The van der Waals surface area contributed by atoms with Crippen LogP contribution in [-0.4, -0.2) is 24.5 Å². The molecule has 1 aromatic rings. The van der Waals surface area contributed by atoms with Crippen molar-refractivity contribution < 1.29 is 14.3 Å². The van der Waals surface area contributed by atoms with E-state index in [-0.39, 0.29) is 11.9 Å². The lowest BCUT2D eigenvalue weighted by molar-refractivity contribution is -0.145. The number of rotatable bonds is 6. The Bertz CT molecular complexity index is 387. The molecule has 1 rings (SSSR count). The van der Waals surface area contributed by atoms with Gasteiger partial charge in [0.1, 0.15) is 6.04 Å². The zero-order chi connectivity index (χ0) is 13.5. The molecule has 4 nitrogen and oxygen atoms in total. The van der Waals surface area contributed by atoms with Crippen LogP contribution < -0.4 is 5.32 Å². The molecule has 0 bridgehead atoms. The van der Waals surface area contributed by atoms with E-state index in [1.165, 1.54) is 11.3 Å². The highest BCUT2D eigenvalue weighted by atomic mass is 32.1. The number of ether oxygens (including phenoxy) is 1. The van der Waals surface area contributed by atoms with Crippen molar-refractivity contribution in [1.82, 2.24) is 5.32 Å². The van der Waals surface area contributed by atoms with Crippen LogP contribution in [0.3, 0.4) is 0 Å². The minimum absolute atomic E-state index is 0.238. The number of carbonyl (C=O) groups is 2. The van der Waals surface area contributed by atoms with E-state index in [1.54, 1.807) is 19.1 Å². The molecule has 0 aliphatic carbocycles. The Balaban J connectivity index is 2.33. The normalized spacial score (nSPS) is 12.2. The summed E-state index contributed by atoms with van der Waals surface area (Å²) < 4.78 is 5.08. The van der Waals surface area contributed by atoms with E-state index in [1.807, 2.05) is 5.38 Å². The maximum atomic E-state index is 11.7. The van der Waals surface area contributed by atoms with Crippen LogP contribution >= 0.6 is 11.3 Å². The van der Waals surface area contributed by atoms with Gasteiger partial charge >= 0.3 is 5.97 Å². The van der Waals surface area contributed by atoms with Crippen molar-refractivity contribution >= 4 is 23.2 Å². The SMILES string of the molecule is CC(C)CCOC(=O)[C@@H](C)NC(=O)c1cccs1. The topological polar surface area (TPSA) is 55.4 Å². The van der Waals surface area contributed by atoms with E-state index in [0.29, 0.717) is 17.4 Å². The number of hydrogen-bond acceptors (Lipinski definition) is 4. The summed E-state index contributed by atoms with van der Waals surface area (Å²) in [5, 5.41) is 4.44. The van der Waals surface area contributed by atoms with Gasteiger partial charge < -0.3 is 10.1 Å². The van der Waals surface area contributed by atoms with Crippen molar-refractivity contribution in [1.29, 1.82) is 0 Å². The summed E-state index contributed by atoms with van der Waals surface area (Å²) in [5.41, 5.74) is 0. The third kappa shape index (κ3) is 4.87. The van der Waals surface area contributed by atoms with Crippen molar-refractivity contribution in [3.63, 3.8) is 0 Å². The van der Waals surface area contributed by atoms with Crippen LogP contribution in [0.2, 0.25) is 0 Å². The molecule has 0 saturated heterocycles. The minimum Gasteiger partial charge on any atom is -0.464 e. The average Bonchev–Trinajstić information content (AvgIpc) is 2.81. The highest BCUT2D eigenvalue weighted by molar-refractivity contribution is 7.12. The van der Waals surface area contributed by atoms with Crippen LogP contribution in [-0.2, 0) is 9.53 Å². The molecular weight excluding hydrogens is 250 g/mol. The Morgan fingerprint density at radius 1 is 1.39 bits per heavy atom. The Morgan fingerprint density at radius 2 is 2.11 bits per heavy atom. The summed E-state index contributed by atoms with van der Waals surface area (Å²) >= 11 is 1.34. The molecule has 0 aliphatic heterocycles. The van der Waals surface area contributed by atoms with Crippen LogP contribution in [0, 0.1) is 5.92 Å². The van der Waals surface area contributed by atoms with Gasteiger partial charge in [0.05, 0.1) is 11.5 Å². The average molecular weight is 269 g/mol. The van der Waals surface area contributed by atoms with Gasteiger partial charge in [-0.1, -0.05) is 19.9 Å². The van der Waals surface area contributed by atoms with Gasteiger partial charge in [0, 0.05) is 0 Å². The van der Waals surface area contributed by atoms with E-state index < -0.39 is 6.04 Å². The monoisotopic (exact) mass is 269 g/mol. The number of carbonyl (C=O) groups excluding carboxylic acids is 2. The van der Waals surface area contributed by atoms with Crippen LogP contribution in [0.5, 0.6) is 0 Å². The second kappa shape index (κ2) is 7.16. The maximum Gasteiger partial charge on any atom is 0.328 e. The third-order valence-electron chi connectivity index (χ3n) is 2.39. The second-order valence-electron chi connectivity index (χ2n) is 4.52. The molecule has 1 aromatic heterocycles. The van der Waals surface area contributed by atoms with Gasteiger partial charge in [-0.25, -0.2) is 4.79 Å². The minimum atomic E-state index is -0.619. The molecule has 0 radical (unpaired) electrons. The quantitative estimate of drug-likeness (QED) is 0.807. The van der Waals surface area contributed by atoms with Crippen LogP contribution in [0.4, 0.5) is 0 Å². The number of thiophene rings is 1. The fraction of sp³-hybridized carbons (Fsp3) is 0.538. The lowest BCUT2D eigenvalue weighted by Crippen LogP contribution is -2.39. The van der Waals surface area contributed by atoms with Crippen molar-refractivity contribution in [3.8, 4) is 0 Å². The van der Waals surface area contributed by atoms with Crippen LogP contribution in [0.15, 0.2) is 17.5 Å². The molecule has 1 N–H and O–H groups in total. The second-order valence-corrected chi connectivity index (χ2v) is 5.47. The van der Waals surface area contributed by atoms with E-state index in [2.05, 4.69) is 19.2 Å². The molecule has 0 aliphatic rings. The molecule has 0 unspecified atom stereocenters. The van der Waals surface area contributed by atoms with Gasteiger partial charge in [0.15, 0.2) is 0 Å². The summed E-state index contributed by atoms with van der Waals surface area (Å²) in [4.78, 5) is 23.9. The van der Waals surface area contributed by atoms with Gasteiger partial charge in [0.2, 0.25) is 0 Å². The summed E-state index contributed by atoms with van der Waals surface area (Å²) in [6, 6.07) is 2.90. The molecule has 0 saturated carbocycles. The van der Waals surface area contributed by atoms with E-state index in [0.717, 1.165) is 6.42 Å². The van der Waals surface area contributed by atoms with Crippen LogP contribution in [0.1, 0.15) is 36.9 Å². The molecule has 0 spiro atoms. The molecule has 100 valence electrons. The molecule has 18 heavy (non-hydrogen) atoms. The molecule has 1 atom stereocenters. The van der Waals surface area contributed by atoms with Crippen LogP contribution in [0.25, 0.3) is 0 Å².